The minimum atomic E-state index is -0.520. The van der Waals surface area contributed by atoms with Crippen molar-refractivity contribution < 1.29 is 28.0 Å². The third-order valence-electron chi connectivity index (χ3n) is 5.20. The van der Waals surface area contributed by atoms with Gasteiger partial charge in [0, 0.05) is 31.3 Å². The maximum absolute atomic E-state index is 14.8. The number of rotatable bonds is 4. The second-order valence-electron chi connectivity index (χ2n) is 6.87. The molecule has 0 aliphatic carbocycles. The molecule has 2 atom stereocenters. The number of cyclic esters (lactones) is 1. The van der Waals surface area contributed by atoms with Crippen LogP contribution < -0.4 is 14.5 Å². The Morgan fingerprint density at radius 1 is 1.29 bits per heavy atom. The summed E-state index contributed by atoms with van der Waals surface area (Å²) in [4.78, 5) is 26.9. The quantitative estimate of drug-likeness (QED) is 0.799. The van der Waals surface area contributed by atoms with Gasteiger partial charge in [-0.1, -0.05) is 0 Å². The van der Waals surface area contributed by atoms with E-state index >= 15 is 0 Å². The molecule has 3 aliphatic heterocycles. The molecular formula is C19H16FN3O5. The van der Waals surface area contributed by atoms with Crippen molar-refractivity contribution in [1.29, 1.82) is 0 Å². The lowest BCUT2D eigenvalue weighted by atomic mass is 10.0. The average Bonchev–Trinajstić information content (AvgIpc) is 3.38. The zero-order valence-electron chi connectivity index (χ0n) is 14.7. The van der Waals surface area contributed by atoms with Crippen molar-refractivity contribution in [1.82, 2.24) is 5.16 Å². The molecule has 28 heavy (non-hydrogen) atoms. The molecule has 1 aromatic carbocycles. The molecule has 0 bridgehead atoms. The molecule has 0 radical (unpaired) electrons. The Labute approximate surface area is 159 Å². The van der Waals surface area contributed by atoms with E-state index in [1.165, 1.54) is 23.3 Å². The number of allylic oxidation sites excluding steroid dienone is 1. The van der Waals surface area contributed by atoms with Crippen LogP contribution in [0.2, 0.25) is 0 Å². The van der Waals surface area contributed by atoms with Gasteiger partial charge in [0.1, 0.15) is 18.7 Å². The first-order valence-corrected chi connectivity index (χ1v) is 8.93. The molecular weight excluding hydrogens is 369 g/mol. The van der Waals surface area contributed by atoms with E-state index in [9.17, 15) is 14.0 Å². The highest BCUT2D eigenvalue weighted by molar-refractivity contribution is 5.95. The summed E-state index contributed by atoms with van der Waals surface area (Å²) in [6, 6.07) is 4.39. The number of carbonyl (C=O) groups excluding carboxylic acids is 2. The number of hydrogen-bond donors (Lipinski definition) is 0. The van der Waals surface area contributed by atoms with Gasteiger partial charge in [-0.3, -0.25) is 9.69 Å². The van der Waals surface area contributed by atoms with Crippen LogP contribution in [0.4, 0.5) is 20.6 Å². The molecule has 8 nitrogen and oxygen atoms in total. The van der Waals surface area contributed by atoms with Crippen LogP contribution in [0, 0.1) is 5.82 Å². The van der Waals surface area contributed by atoms with Gasteiger partial charge in [0.2, 0.25) is 0 Å². The number of halogens is 1. The highest BCUT2D eigenvalue weighted by atomic mass is 19.1. The van der Waals surface area contributed by atoms with E-state index in [2.05, 4.69) is 5.16 Å². The second kappa shape index (κ2) is 6.36. The van der Waals surface area contributed by atoms with E-state index in [1.807, 2.05) is 0 Å². The summed E-state index contributed by atoms with van der Waals surface area (Å²) in [7, 11) is 0. The summed E-state index contributed by atoms with van der Waals surface area (Å²) in [5, 5.41) is 3.66. The number of fused-ring (bicyclic) bond motifs is 3. The summed E-state index contributed by atoms with van der Waals surface area (Å²) in [6.45, 7) is 0.550. The van der Waals surface area contributed by atoms with Crippen molar-refractivity contribution in [2.24, 2.45) is 0 Å². The summed E-state index contributed by atoms with van der Waals surface area (Å²) >= 11 is 0. The van der Waals surface area contributed by atoms with Gasteiger partial charge in [0.05, 0.1) is 17.4 Å². The summed E-state index contributed by atoms with van der Waals surface area (Å²) in [5.74, 6) is -0.116. The number of aromatic nitrogens is 1. The third-order valence-corrected chi connectivity index (χ3v) is 5.20. The molecule has 0 saturated carbocycles. The van der Waals surface area contributed by atoms with Crippen LogP contribution >= 0.6 is 0 Å². The topological polar surface area (TPSA) is 85.1 Å². The fourth-order valence-corrected chi connectivity index (χ4v) is 3.84. The normalized spacial score (nSPS) is 23.0. The molecule has 5 rings (SSSR count). The molecule has 1 fully saturated rings. The van der Waals surface area contributed by atoms with E-state index in [0.717, 1.165) is 5.56 Å². The van der Waals surface area contributed by atoms with E-state index in [0.29, 0.717) is 36.6 Å². The van der Waals surface area contributed by atoms with Crippen LogP contribution in [0.15, 0.2) is 41.3 Å². The van der Waals surface area contributed by atoms with Gasteiger partial charge in [-0.15, -0.1) is 0 Å². The maximum atomic E-state index is 14.8. The number of ketones is 1. The molecule has 1 amide bonds. The van der Waals surface area contributed by atoms with Crippen LogP contribution in [0.5, 0.6) is 5.88 Å². The van der Waals surface area contributed by atoms with E-state index in [-0.39, 0.29) is 18.4 Å². The number of nitrogens with zero attached hydrogens (tertiary/aromatic N) is 3. The summed E-state index contributed by atoms with van der Waals surface area (Å²) in [6.07, 6.45) is 4.27. The summed E-state index contributed by atoms with van der Waals surface area (Å²) in [5.41, 5.74) is 1.76. The number of carbonyl (C=O) groups is 2. The predicted molar refractivity (Wildman–Crippen MR) is 94.7 cm³/mol. The Morgan fingerprint density at radius 3 is 2.93 bits per heavy atom. The first-order valence-electron chi connectivity index (χ1n) is 8.93. The van der Waals surface area contributed by atoms with Crippen LogP contribution in [0.3, 0.4) is 0 Å². The lowest BCUT2D eigenvalue weighted by Crippen LogP contribution is -2.36. The zero-order valence-corrected chi connectivity index (χ0v) is 14.7. The van der Waals surface area contributed by atoms with Crippen LogP contribution in [0.1, 0.15) is 12.0 Å². The zero-order chi connectivity index (χ0) is 19.3. The van der Waals surface area contributed by atoms with Crippen LogP contribution in [-0.2, 0) is 16.0 Å². The molecule has 1 saturated heterocycles. The van der Waals surface area contributed by atoms with Gasteiger partial charge < -0.3 is 18.9 Å². The van der Waals surface area contributed by atoms with Crippen LogP contribution in [0.25, 0.3) is 0 Å². The Hall–Kier alpha value is -3.36. The van der Waals surface area contributed by atoms with Gasteiger partial charge in [-0.2, -0.15) is 0 Å². The first-order chi connectivity index (χ1) is 13.6. The largest absolute Gasteiger partial charge is 0.471 e. The fourth-order valence-electron chi connectivity index (χ4n) is 3.84. The fraction of sp³-hybridized carbons (Fsp3) is 0.316. The maximum Gasteiger partial charge on any atom is 0.415 e. The van der Waals surface area contributed by atoms with Gasteiger partial charge in [0.15, 0.2) is 11.9 Å². The van der Waals surface area contributed by atoms with Crippen molar-refractivity contribution in [2.75, 3.05) is 23.0 Å². The van der Waals surface area contributed by atoms with Gasteiger partial charge in [-0.05, 0) is 29.3 Å². The lowest BCUT2D eigenvalue weighted by molar-refractivity contribution is -0.114. The first kappa shape index (κ1) is 16.8. The van der Waals surface area contributed by atoms with Crippen LogP contribution in [-0.4, -0.2) is 42.3 Å². The summed E-state index contributed by atoms with van der Waals surface area (Å²) < 4.78 is 30.4. The molecule has 0 N–H and O–H groups in total. The minimum Gasteiger partial charge on any atom is -0.471 e. The Bertz CT molecular complexity index is 974. The predicted octanol–water partition coefficient (Wildman–Crippen LogP) is 2.44. The second-order valence-corrected chi connectivity index (χ2v) is 6.87. The van der Waals surface area contributed by atoms with E-state index in [1.54, 1.807) is 23.2 Å². The standard InChI is InChI=1S/C19H16FN3O5/c20-13-9-14-11(7-15(13)22-4-1-12(24)2-5-22)8-16-17(28-19(25)23(14)16)10-26-18-3-6-27-21-18/h1,3-4,6-7,9,16-17H,2,5,8,10H2/t16-,17-/m0/s1. The molecule has 4 heterocycles. The molecule has 2 aromatic rings. The molecule has 0 spiro atoms. The average molecular weight is 385 g/mol. The monoisotopic (exact) mass is 385 g/mol. The Morgan fingerprint density at radius 2 is 2.18 bits per heavy atom. The number of benzene rings is 1. The molecule has 3 aliphatic rings. The number of ether oxygens (including phenoxy) is 2. The molecule has 9 heteroatoms. The number of hydrogen-bond acceptors (Lipinski definition) is 7. The van der Waals surface area contributed by atoms with E-state index < -0.39 is 18.0 Å². The van der Waals surface area contributed by atoms with E-state index in [4.69, 9.17) is 14.0 Å². The van der Waals surface area contributed by atoms with Gasteiger partial charge in [-0.25, -0.2) is 9.18 Å². The molecule has 1 aromatic heterocycles. The Balaban J connectivity index is 1.39. The van der Waals surface area contributed by atoms with Gasteiger partial charge in [0.25, 0.3) is 5.88 Å². The number of anilines is 2. The molecule has 144 valence electrons. The van der Waals surface area contributed by atoms with Crippen molar-refractivity contribution in [3.8, 4) is 5.88 Å². The van der Waals surface area contributed by atoms with Crippen molar-refractivity contribution in [3.63, 3.8) is 0 Å². The minimum absolute atomic E-state index is 0.0242. The Kier molecular flexibility index (Phi) is 3.81. The highest BCUT2D eigenvalue weighted by Crippen LogP contribution is 2.42. The third kappa shape index (κ3) is 2.70. The van der Waals surface area contributed by atoms with Crippen molar-refractivity contribution >= 4 is 23.3 Å². The lowest BCUT2D eigenvalue weighted by Gasteiger charge is -2.24. The smallest absolute Gasteiger partial charge is 0.415 e. The van der Waals surface area contributed by atoms with Crippen molar-refractivity contribution in [2.45, 2.75) is 25.0 Å². The number of amides is 1. The van der Waals surface area contributed by atoms with Gasteiger partial charge >= 0.3 is 6.09 Å². The highest BCUT2D eigenvalue weighted by Gasteiger charge is 2.48. The van der Waals surface area contributed by atoms with Crippen molar-refractivity contribution in [3.05, 3.63) is 48.1 Å². The molecule has 0 unspecified atom stereocenters. The SMILES string of the molecule is O=C1C=CN(c2cc3c(cc2F)N2C(=O)O[C@@H](COc4ccon4)[C@@H]2C3)CC1.